The summed E-state index contributed by atoms with van der Waals surface area (Å²) in [5.41, 5.74) is -0.521. The number of rotatable bonds is 5. The number of hydrogen-bond acceptors (Lipinski definition) is 3. The maximum Gasteiger partial charge on any atom is 0.229 e. The standard InChI is InChI=1S/C11H15FN2O2/c1-11(2,14(15)16)8-13-7-9-5-3-4-6-10(9)12/h3-6,13H,7-8H2,1-2H3. The van der Waals surface area contributed by atoms with Crippen molar-refractivity contribution in [2.75, 3.05) is 6.54 Å². The first-order valence-electron chi connectivity index (χ1n) is 5.02. The van der Waals surface area contributed by atoms with E-state index in [9.17, 15) is 14.5 Å². The van der Waals surface area contributed by atoms with E-state index in [4.69, 9.17) is 0 Å². The maximum atomic E-state index is 13.2. The Hall–Kier alpha value is -1.49. The monoisotopic (exact) mass is 226 g/mol. The average molecular weight is 226 g/mol. The molecule has 0 saturated heterocycles. The highest BCUT2D eigenvalue weighted by molar-refractivity contribution is 5.16. The van der Waals surface area contributed by atoms with Crippen LogP contribution in [0.2, 0.25) is 0 Å². The van der Waals surface area contributed by atoms with Crippen LogP contribution in [-0.2, 0) is 6.54 Å². The Bertz CT molecular complexity index is 380. The second-order valence-corrected chi connectivity index (χ2v) is 4.26. The van der Waals surface area contributed by atoms with Crippen molar-refractivity contribution in [1.82, 2.24) is 5.32 Å². The Balaban J connectivity index is 2.48. The van der Waals surface area contributed by atoms with Crippen molar-refractivity contribution in [1.29, 1.82) is 0 Å². The van der Waals surface area contributed by atoms with Gasteiger partial charge in [-0.05, 0) is 6.07 Å². The second kappa shape index (κ2) is 5.03. The highest BCUT2D eigenvalue weighted by Crippen LogP contribution is 2.08. The molecule has 0 spiro atoms. The fourth-order valence-corrected chi connectivity index (χ4v) is 1.21. The molecule has 0 unspecified atom stereocenters. The van der Waals surface area contributed by atoms with Gasteiger partial charge in [0.2, 0.25) is 5.54 Å². The van der Waals surface area contributed by atoms with Crippen LogP contribution in [0.1, 0.15) is 19.4 Å². The predicted octanol–water partition coefficient (Wildman–Crippen LogP) is 1.97. The number of nitrogens with zero attached hydrogens (tertiary/aromatic N) is 1. The van der Waals surface area contributed by atoms with Crippen LogP contribution in [0.3, 0.4) is 0 Å². The van der Waals surface area contributed by atoms with Crippen LogP contribution in [0.25, 0.3) is 0 Å². The lowest BCUT2D eigenvalue weighted by molar-refractivity contribution is -0.558. The summed E-state index contributed by atoms with van der Waals surface area (Å²) >= 11 is 0. The molecule has 0 heterocycles. The minimum Gasteiger partial charge on any atom is -0.306 e. The normalized spacial score (nSPS) is 11.4. The summed E-state index contributed by atoms with van der Waals surface area (Å²) in [6, 6.07) is 6.37. The zero-order valence-corrected chi connectivity index (χ0v) is 9.37. The molecular weight excluding hydrogens is 211 g/mol. The zero-order chi connectivity index (χ0) is 12.2. The Kier molecular flexibility index (Phi) is 3.95. The molecule has 0 fully saturated rings. The molecule has 1 N–H and O–H groups in total. The molecule has 1 aromatic carbocycles. The maximum absolute atomic E-state index is 13.2. The van der Waals surface area contributed by atoms with Crippen LogP contribution in [-0.4, -0.2) is 17.0 Å². The quantitative estimate of drug-likeness (QED) is 0.617. The van der Waals surface area contributed by atoms with E-state index in [0.717, 1.165) is 0 Å². The van der Waals surface area contributed by atoms with Gasteiger partial charge >= 0.3 is 0 Å². The lowest BCUT2D eigenvalue weighted by atomic mass is 10.1. The minimum atomic E-state index is -1.04. The fourth-order valence-electron chi connectivity index (χ4n) is 1.21. The Morgan fingerprint density at radius 1 is 1.44 bits per heavy atom. The van der Waals surface area contributed by atoms with Gasteiger partial charge in [-0.15, -0.1) is 0 Å². The van der Waals surface area contributed by atoms with Gasteiger partial charge in [-0.3, -0.25) is 10.1 Å². The van der Waals surface area contributed by atoms with E-state index in [1.54, 1.807) is 18.2 Å². The summed E-state index contributed by atoms with van der Waals surface area (Å²) < 4.78 is 13.2. The molecule has 0 atom stereocenters. The van der Waals surface area contributed by atoms with Gasteiger partial charge in [0.1, 0.15) is 5.82 Å². The van der Waals surface area contributed by atoms with Gasteiger partial charge in [0, 0.05) is 30.9 Å². The number of halogens is 1. The third kappa shape index (κ3) is 3.27. The zero-order valence-electron chi connectivity index (χ0n) is 9.37. The van der Waals surface area contributed by atoms with E-state index in [1.165, 1.54) is 19.9 Å². The summed E-state index contributed by atoms with van der Waals surface area (Å²) in [5.74, 6) is -0.297. The smallest absolute Gasteiger partial charge is 0.229 e. The van der Waals surface area contributed by atoms with Crippen LogP contribution in [0.5, 0.6) is 0 Å². The first kappa shape index (κ1) is 12.6. The molecule has 5 heteroatoms. The Labute approximate surface area is 93.6 Å². The molecule has 0 saturated carbocycles. The van der Waals surface area contributed by atoms with Crippen LogP contribution < -0.4 is 5.32 Å². The van der Waals surface area contributed by atoms with E-state index < -0.39 is 5.54 Å². The third-order valence-electron chi connectivity index (χ3n) is 2.33. The molecule has 1 rings (SSSR count). The lowest BCUT2D eigenvalue weighted by Crippen LogP contribution is -2.41. The van der Waals surface area contributed by atoms with Crippen molar-refractivity contribution in [3.05, 3.63) is 45.8 Å². The molecule has 16 heavy (non-hydrogen) atoms. The molecule has 0 aromatic heterocycles. The molecular formula is C11H15FN2O2. The number of benzene rings is 1. The molecule has 1 aromatic rings. The molecule has 0 aliphatic carbocycles. The largest absolute Gasteiger partial charge is 0.306 e. The topological polar surface area (TPSA) is 55.2 Å². The number of nitrogens with one attached hydrogen (secondary N) is 1. The van der Waals surface area contributed by atoms with Gasteiger partial charge < -0.3 is 5.32 Å². The first-order chi connectivity index (χ1) is 7.43. The first-order valence-corrected chi connectivity index (χ1v) is 5.02. The summed E-state index contributed by atoms with van der Waals surface area (Å²) in [6.07, 6.45) is 0. The van der Waals surface area contributed by atoms with Crippen LogP contribution in [0, 0.1) is 15.9 Å². The molecule has 88 valence electrons. The van der Waals surface area contributed by atoms with Crippen LogP contribution >= 0.6 is 0 Å². The number of hydrogen-bond donors (Lipinski definition) is 1. The molecule has 4 nitrogen and oxygen atoms in total. The second-order valence-electron chi connectivity index (χ2n) is 4.26. The molecule has 0 radical (unpaired) electrons. The molecule has 0 amide bonds. The van der Waals surface area contributed by atoms with E-state index in [0.29, 0.717) is 12.1 Å². The lowest BCUT2D eigenvalue weighted by Gasteiger charge is -2.16. The predicted molar refractivity (Wildman–Crippen MR) is 59.2 cm³/mol. The van der Waals surface area contributed by atoms with Gasteiger partial charge in [0.15, 0.2) is 0 Å². The summed E-state index contributed by atoms with van der Waals surface area (Å²) in [4.78, 5) is 10.3. The van der Waals surface area contributed by atoms with Crippen molar-refractivity contribution in [2.45, 2.75) is 25.9 Å². The fraction of sp³-hybridized carbons (Fsp3) is 0.455. The Morgan fingerprint density at radius 2 is 2.06 bits per heavy atom. The van der Waals surface area contributed by atoms with Crippen LogP contribution in [0.15, 0.2) is 24.3 Å². The molecule has 0 bridgehead atoms. The van der Waals surface area contributed by atoms with E-state index >= 15 is 0 Å². The number of nitro groups is 1. The summed E-state index contributed by atoms with van der Waals surface area (Å²) in [7, 11) is 0. The third-order valence-corrected chi connectivity index (χ3v) is 2.33. The van der Waals surface area contributed by atoms with E-state index in [-0.39, 0.29) is 17.3 Å². The van der Waals surface area contributed by atoms with Crippen molar-refractivity contribution in [3.8, 4) is 0 Å². The van der Waals surface area contributed by atoms with E-state index in [1.807, 2.05) is 0 Å². The van der Waals surface area contributed by atoms with Gasteiger partial charge in [-0.1, -0.05) is 18.2 Å². The van der Waals surface area contributed by atoms with Crippen molar-refractivity contribution < 1.29 is 9.31 Å². The van der Waals surface area contributed by atoms with Crippen molar-refractivity contribution in [3.63, 3.8) is 0 Å². The minimum absolute atomic E-state index is 0.203. The van der Waals surface area contributed by atoms with Gasteiger partial charge in [0.25, 0.3) is 0 Å². The van der Waals surface area contributed by atoms with Gasteiger partial charge in [-0.25, -0.2) is 4.39 Å². The van der Waals surface area contributed by atoms with Gasteiger partial charge in [0.05, 0.1) is 6.54 Å². The summed E-state index contributed by atoms with van der Waals surface area (Å²) in [6.45, 7) is 3.56. The van der Waals surface area contributed by atoms with Crippen LogP contribution in [0.4, 0.5) is 4.39 Å². The van der Waals surface area contributed by atoms with Crippen molar-refractivity contribution >= 4 is 0 Å². The SMILES string of the molecule is CC(C)(CNCc1ccccc1F)[N+](=O)[O-]. The highest BCUT2D eigenvalue weighted by atomic mass is 19.1. The van der Waals surface area contributed by atoms with Gasteiger partial charge in [-0.2, -0.15) is 0 Å². The summed E-state index contributed by atoms with van der Waals surface area (Å²) in [5, 5.41) is 13.5. The van der Waals surface area contributed by atoms with Crippen molar-refractivity contribution in [2.24, 2.45) is 0 Å². The van der Waals surface area contributed by atoms with E-state index in [2.05, 4.69) is 5.32 Å². The average Bonchev–Trinajstić information content (AvgIpc) is 2.20. The molecule has 0 aliphatic rings. The highest BCUT2D eigenvalue weighted by Gasteiger charge is 2.29. The Morgan fingerprint density at radius 3 is 2.62 bits per heavy atom. The molecule has 0 aliphatic heterocycles.